The molecule has 25 heavy (non-hydrogen) atoms. The van der Waals surface area contributed by atoms with Gasteiger partial charge in [-0.3, -0.25) is 0 Å². The molecule has 0 atom stereocenters. The molecule has 1 heterocycles. The molecule has 0 spiro atoms. The molecular formula is C19H16N4O2. The Kier molecular flexibility index (Phi) is 4.77. The van der Waals surface area contributed by atoms with Gasteiger partial charge in [0.05, 0.1) is 26.1 Å². The Bertz CT molecular complexity index is 898. The highest BCUT2D eigenvalue weighted by atomic mass is 16.5. The van der Waals surface area contributed by atoms with Gasteiger partial charge in [0, 0.05) is 29.4 Å². The molecule has 0 unspecified atom stereocenters. The van der Waals surface area contributed by atoms with E-state index in [1.807, 2.05) is 30.3 Å². The van der Waals surface area contributed by atoms with Gasteiger partial charge in [0.1, 0.15) is 17.6 Å². The van der Waals surface area contributed by atoms with Crippen LogP contribution in [0.25, 0.3) is 11.3 Å². The second-order valence-corrected chi connectivity index (χ2v) is 5.16. The number of ether oxygens (including phenoxy) is 2. The lowest BCUT2D eigenvalue weighted by Gasteiger charge is -2.11. The lowest BCUT2D eigenvalue weighted by atomic mass is 10.1. The first-order valence-electron chi connectivity index (χ1n) is 7.56. The first-order chi connectivity index (χ1) is 12.2. The summed E-state index contributed by atoms with van der Waals surface area (Å²) in [4.78, 5) is 8.75. The summed E-state index contributed by atoms with van der Waals surface area (Å²) in [6.45, 7) is 0. The third kappa shape index (κ3) is 3.67. The zero-order chi connectivity index (χ0) is 17.6. The van der Waals surface area contributed by atoms with Crippen LogP contribution < -0.4 is 14.8 Å². The zero-order valence-corrected chi connectivity index (χ0v) is 13.9. The first-order valence-corrected chi connectivity index (χ1v) is 7.56. The van der Waals surface area contributed by atoms with E-state index in [-0.39, 0.29) is 5.69 Å². The Morgan fingerprint density at radius 2 is 1.68 bits per heavy atom. The molecule has 0 saturated carbocycles. The third-order valence-electron chi connectivity index (χ3n) is 3.56. The van der Waals surface area contributed by atoms with Gasteiger partial charge in [-0.2, -0.15) is 5.26 Å². The van der Waals surface area contributed by atoms with E-state index in [2.05, 4.69) is 21.4 Å². The van der Waals surface area contributed by atoms with Crippen LogP contribution in [0.3, 0.4) is 0 Å². The molecule has 3 rings (SSSR count). The van der Waals surface area contributed by atoms with Crippen LogP contribution in [0.2, 0.25) is 0 Å². The van der Waals surface area contributed by atoms with Crippen LogP contribution in [0, 0.1) is 11.3 Å². The van der Waals surface area contributed by atoms with Crippen molar-refractivity contribution in [3.05, 3.63) is 60.4 Å². The molecular weight excluding hydrogens is 316 g/mol. The fraction of sp³-hybridized carbons (Fsp3) is 0.105. The van der Waals surface area contributed by atoms with Crippen LogP contribution in [-0.4, -0.2) is 24.2 Å². The predicted molar refractivity (Wildman–Crippen MR) is 95.0 cm³/mol. The topological polar surface area (TPSA) is 80.1 Å². The maximum absolute atomic E-state index is 9.43. The molecule has 0 aliphatic carbocycles. The minimum Gasteiger partial charge on any atom is -0.497 e. The van der Waals surface area contributed by atoms with E-state index in [0.29, 0.717) is 28.7 Å². The summed E-state index contributed by atoms with van der Waals surface area (Å²) in [5, 5.41) is 12.5. The Hall–Kier alpha value is -3.59. The molecule has 0 aliphatic heterocycles. The van der Waals surface area contributed by atoms with Crippen molar-refractivity contribution in [1.29, 1.82) is 5.26 Å². The van der Waals surface area contributed by atoms with Gasteiger partial charge in [-0.25, -0.2) is 9.97 Å². The summed E-state index contributed by atoms with van der Waals surface area (Å²) in [5.74, 6) is 1.64. The van der Waals surface area contributed by atoms with Gasteiger partial charge in [0.25, 0.3) is 0 Å². The Labute approximate surface area is 145 Å². The van der Waals surface area contributed by atoms with Gasteiger partial charge >= 0.3 is 0 Å². The van der Waals surface area contributed by atoms with Crippen molar-refractivity contribution in [2.75, 3.05) is 19.5 Å². The Morgan fingerprint density at radius 3 is 2.28 bits per heavy atom. The summed E-state index contributed by atoms with van der Waals surface area (Å²) in [6.07, 6.45) is 1.63. The maximum Gasteiger partial charge on any atom is 0.183 e. The monoisotopic (exact) mass is 332 g/mol. The zero-order valence-electron chi connectivity index (χ0n) is 13.9. The highest BCUT2D eigenvalue weighted by Crippen LogP contribution is 2.28. The SMILES string of the molecule is COc1cc(Nc2ncc(-c3ccccc3)nc2C#N)cc(OC)c1. The van der Waals surface area contributed by atoms with Crippen molar-refractivity contribution >= 4 is 11.5 Å². The van der Waals surface area contributed by atoms with Gasteiger partial charge in [0.15, 0.2) is 11.5 Å². The van der Waals surface area contributed by atoms with Gasteiger partial charge < -0.3 is 14.8 Å². The molecule has 0 fully saturated rings. The average molecular weight is 332 g/mol. The fourth-order valence-corrected chi connectivity index (χ4v) is 2.32. The Balaban J connectivity index is 1.95. The lowest BCUT2D eigenvalue weighted by molar-refractivity contribution is 0.395. The second kappa shape index (κ2) is 7.32. The molecule has 0 bridgehead atoms. The molecule has 0 aliphatic rings. The number of nitrogens with one attached hydrogen (secondary N) is 1. The predicted octanol–water partition coefficient (Wildman–Crippen LogP) is 3.78. The van der Waals surface area contributed by atoms with Crippen LogP contribution in [0.15, 0.2) is 54.7 Å². The Morgan fingerprint density at radius 1 is 1.00 bits per heavy atom. The summed E-state index contributed by atoms with van der Waals surface area (Å²) in [5.41, 5.74) is 2.45. The van der Waals surface area contributed by atoms with Crippen LogP contribution in [0.4, 0.5) is 11.5 Å². The van der Waals surface area contributed by atoms with Crippen molar-refractivity contribution in [1.82, 2.24) is 9.97 Å². The van der Waals surface area contributed by atoms with Crippen LogP contribution >= 0.6 is 0 Å². The van der Waals surface area contributed by atoms with Crippen molar-refractivity contribution in [3.8, 4) is 28.8 Å². The highest BCUT2D eigenvalue weighted by molar-refractivity contribution is 5.67. The number of nitriles is 1. The molecule has 124 valence electrons. The molecule has 2 aromatic carbocycles. The van der Waals surface area contributed by atoms with Crippen molar-refractivity contribution < 1.29 is 9.47 Å². The van der Waals surface area contributed by atoms with E-state index in [1.54, 1.807) is 38.6 Å². The number of methoxy groups -OCH3 is 2. The minimum atomic E-state index is 0.211. The quantitative estimate of drug-likeness (QED) is 0.766. The molecule has 0 amide bonds. The molecule has 6 nitrogen and oxygen atoms in total. The summed E-state index contributed by atoms with van der Waals surface area (Å²) in [7, 11) is 3.15. The van der Waals surface area contributed by atoms with Gasteiger partial charge in [-0.1, -0.05) is 30.3 Å². The largest absolute Gasteiger partial charge is 0.497 e. The summed E-state index contributed by atoms with van der Waals surface area (Å²) in [6, 6.07) is 17.0. The van der Waals surface area contributed by atoms with Gasteiger partial charge in [-0.15, -0.1) is 0 Å². The summed E-state index contributed by atoms with van der Waals surface area (Å²) < 4.78 is 10.5. The molecule has 1 aromatic heterocycles. The van der Waals surface area contributed by atoms with Crippen molar-refractivity contribution in [2.45, 2.75) is 0 Å². The van der Waals surface area contributed by atoms with E-state index < -0.39 is 0 Å². The van der Waals surface area contributed by atoms with Gasteiger partial charge in [-0.05, 0) is 0 Å². The normalized spacial score (nSPS) is 9.96. The number of rotatable bonds is 5. The van der Waals surface area contributed by atoms with E-state index in [1.165, 1.54) is 0 Å². The van der Waals surface area contributed by atoms with Crippen molar-refractivity contribution in [3.63, 3.8) is 0 Å². The second-order valence-electron chi connectivity index (χ2n) is 5.16. The van der Waals surface area contributed by atoms with Crippen LogP contribution in [0.5, 0.6) is 11.5 Å². The number of nitrogens with zero attached hydrogens (tertiary/aromatic N) is 3. The van der Waals surface area contributed by atoms with Crippen LogP contribution in [-0.2, 0) is 0 Å². The number of hydrogen-bond donors (Lipinski definition) is 1. The van der Waals surface area contributed by atoms with E-state index >= 15 is 0 Å². The molecule has 6 heteroatoms. The lowest BCUT2D eigenvalue weighted by Crippen LogP contribution is -2.01. The van der Waals surface area contributed by atoms with Crippen LogP contribution in [0.1, 0.15) is 5.69 Å². The number of benzene rings is 2. The van der Waals surface area contributed by atoms with E-state index in [4.69, 9.17) is 9.47 Å². The van der Waals surface area contributed by atoms with Crippen molar-refractivity contribution in [2.24, 2.45) is 0 Å². The molecule has 3 aromatic rings. The smallest absolute Gasteiger partial charge is 0.183 e. The van der Waals surface area contributed by atoms with E-state index in [9.17, 15) is 5.26 Å². The molecule has 1 N–H and O–H groups in total. The maximum atomic E-state index is 9.43. The number of anilines is 2. The van der Waals surface area contributed by atoms with E-state index in [0.717, 1.165) is 5.56 Å². The fourth-order valence-electron chi connectivity index (χ4n) is 2.32. The molecule has 0 radical (unpaired) electrons. The minimum absolute atomic E-state index is 0.211. The standard InChI is InChI=1S/C19H16N4O2/c1-24-15-8-14(9-16(10-15)25-2)22-19-17(11-20)23-18(12-21-19)13-6-4-3-5-7-13/h3-10,12H,1-2H3,(H,21,22). The highest BCUT2D eigenvalue weighted by Gasteiger charge is 2.10. The summed E-state index contributed by atoms with van der Waals surface area (Å²) >= 11 is 0. The first kappa shape index (κ1) is 16.3. The average Bonchev–Trinajstić information content (AvgIpc) is 2.68. The number of hydrogen-bond acceptors (Lipinski definition) is 6. The molecule has 0 saturated heterocycles. The van der Waals surface area contributed by atoms with Gasteiger partial charge in [0.2, 0.25) is 0 Å². The third-order valence-corrected chi connectivity index (χ3v) is 3.56. The number of aromatic nitrogens is 2.